The van der Waals surface area contributed by atoms with Crippen molar-refractivity contribution in [1.29, 1.82) is 0 Å². The highest BCUT2D eigenvalue weighted by atomic mass is 16.2. The SMILES string of the molecule is C#CC1CC(=O)N(c2nc[nH]c(=O)c2N)C1. The standard InChI is InChI=1S/C10H10N4O2/c1-2-6-3-7(15)14(4-6)9-8(11)10(16)13-5-12-9/h1,5-6H,3-4,11H2,(H,12,13,16). The summed E-state index contributed by atoms with van der Waals surface area (Å²) in [5, 5.41) is 0. The topological polar surface area (TPSA) is 92.1 Å². The molecule has 1 aromatic rings. The first kappa shape index (κ1) is 10.2. The van der Waals surface area contributed by atoms with Crippen molar-refractivity contribution < 1.29 is 4.79 Å². The van der Waals surface area contributed by atoms with Crippen LogP contribution in [0, 0.1) is 18.3 Å². The fraction of sp³-hybridized carbons (Fsp3) is 0.300. The van der Waals surface area contributed by atoms with Crippen molar-refractivity contribution in [2.75, 3.05) is 17.2 Å². The molecule has 0 saturated carbocycles. The second-order valence-corrected chi connectivity index (χ2v) is 3.54. The second kappa shape index (κ2) is 3.70. The molecule has 1 amide bonds. The van der Waals surface area contributed by atoms with Gasteiger partial charge in [-0.25, -0.2) is 4.98 Å². The minimum absolute atomic E-state index is 0.0616. The maximum atomic E-state index is 11.6. The fourth-order valence-corrected chi connectivity index (χ4v) is 1.64. The summed E-state index contributed by atoms with van der Waals surface area (Å²) >= 11 is 0. The van der Waals surface area contributed by atoms with Crippen LogP contribution in [0.15, 0.2) is 11.1 Å². The number of anilines is 2. The molecule has 0 spiro atoms. The molecule has 6 heteroatoms. The smallest absolute Gasteiger partial charge is 0.276 e. The van der Waals surface area contributed by atoms with Crippen LogP contribution in [0.2, 0.25) is 0 Å². The molecular formula is C10H10N4O2. The summed E-state index contributed by atoms with van der Waals surface area (Å²) in [6, 6.07) is 0. The molecule has 1 aliphatic heterocycles. The average molecular weight is 218 g/mol. The number of aromatic nitrogens is 2. The van der Waals surface area contributed by atoms with E-state index in [0.717, 1.165) is 0 Å². The highest BCUT2D eigenvalue weighted by Gasteiger charge is 2.31. The number of terminal acetylenes is 1. The number of nitrogens with two attached hydrogens (primary N) is 1. The third-order valence-corrected chi connectivity index (χ3v) is 2.48. The molecule has 3 N–H and O–H groups in total. The van der Waals surface area contributed by atoms with E-state index in [1.165, 1.54) is 11.2 Å². The number of nitrogen functional groups attached to an aromatic ring is 1. The molecule has 0 bridgehead atoms. The Bertz CT molecular complexity index is 528. The zero-order chi connectivity index (χ0) is 11.7. The van der Waals surface area contributed by atoms with E-state index in [1.807, 2.05) is 0 Å². The van der Waals surface area contributed by atoms with Gasteiger partial charge in [-0.05, 0) is 0 Å². The van der Waals surface area contributed by atoms with Crippen molar-refractivity contribution in [3.8, 4) is 12.3 Å². The molecule has 1 aromatic heterocycles. The van der Waals surface area contributed by atoms with Crippen LogP contribution in [-0.4, -0.2) is 22.4 Å². The van der Waals surface area contributed by atoms with Crippen molar-refractivity contribution in [1.82, 2.24) is 9.97 Å². The molecule has 6 nitrogen and oxygen atoms in total. The monoisotopic (exact) mass is 218 g/mol. The van der Waals surface area contributed by atoms with E-state index in [2.05, 4.69) is 15.9 Å². The molecule has 2 rings (SSSR count). The zero-order valence-corrected chi connectivity index (χ0v) is 8.43. The summed E-state index contributed by atoms with van der Waals surface area (Å²) in [5.41, 5.74) is 5.04. The first-order valence-corrected chi connectivity index (χ1v) is 4.73. The molecule has 0 aromatic carbocycles. The Kier molecular flexibility index (Phi) is 2.37. The van der Waals surface area contributed by atoms with Crippen molar-refractivity contribution in [2.45, 2.75) is 6.42 Å². The largest absolute Gasteiger partial charge is 0.391 e. The van der Waals surface area contributed by atoms with Gasteiger partial charge in [-0.1, -0.05) is 0 Å². The molecule has 1 atom stereocenters. The molecule has 1 fully saturated rings. The van der Waals surface area contributed by atoms with Gasteiger partial charge in [-0.15, -0.1) is 12.3 Å². The van der Waals surface area contributed by atoms with Crippen LogP contribution < -0.4 is 16.2 Å². The summed E-state index contributed by atoms with van der Waals surface area (Å²) in [4.78, 5) is 30.5. The number of nitrogens with zero attached hydrogens (tertiary/aromatic N) is 2. The first-order chi connectivity index (χ1) is 7.63. The maximum Gasteiger partial charge on any atom is 0.276 e. The average Bonchev–Trinajstić information content (AvgIpc) is 2.64. The number of carbonyl (C=O) groups is 1. The number of carbonyl (C=O) groups excluding carboxylic acids is 1. The van der Waals surface area contributed by atoms with Crippen LogP contribution in [-0.2, 0) is 4.79 Å². The van der Waals surface area contributed by atoms with Crippen molar-refractivity contribution in [3.05, 3.63) is 16.7 Å². The van der Waals surface area contributed by atoms with Gasteiger partial charge in [0.15, 0.2) is 5.82 Å². The van der Waals surface area contributed by atoms with Crippen LogP contribution in [0.1, 0.15) is 6.42 Å². The lowest BCUT2D eigenvalue weighted by Crippen LogP contribution is -2.29. The third kappa shape index (κ3) is 1.52. The van der Waals surface area contributed by atoms with Gasteiger partial charge < -0.3 is 10.7 Å². The zero-order valence-electron chi connectivity index (χ0n) is 8.43. The van der Waals surface area contributed by atoms with E-state index in [-0.39, 0.29) is 29.8 Å². The highest BCUT2D eigenvalue weighted by molar-refractivity contribution is 5.97. The number of hydrogen-bond acceptors (Lipinski definition) is 4. The lowest BCUT2D eigenvalue weighted by atomic mass is 10.1. The molecule has 1 aliphatic rings. The third-order valence-electron chi connectivity index (χ3n) is 2.48. The van der Waals surface area contributed by atoms with Gasteiger partial charge in [0.2, 0.25) is 5.91 Å². The van der Waals surface area contributed by atoms with E-state index in [4.69, 9.17) is 12.2 Å². The number of H-pyrrole nitrogens is 1. The van der Waals surface area contributed by atoms with Crippen molar-refractivity contribution in [3.63, 3.8) is 0 Å². The van der Waals surface area contributed by atoms with Gasteiger partial charge in [0.05, 0.1) is 6.33 Å². The fourth-order valence-electron chi connectivity index (χ4n) is 1.64. The first-order valence-electron chi connectivity index (χ1n) is 4.73. The Morgan fingerprint density at radius 2 is 2.38 bits per heavy atom. The van der Waals surface area contributed by atoms with Gasteiger partial charge in [-0.2, -0.15) is 0 Å². The van der Waals surface area contributed by atoms with Gasteiger partial charge in [-0.3, -0.25) is 14.5 Å². The number of rotatable bonds is 1. The molecular weight excluding hydrogens is 208 g/mol. The summed E-state index contributed by atoms with van der Waals surface area (Å²) < 4.78 is 0. The Balaban J connectivity index is 2.40. The van der Waals surface area contributed by atoms with Gasteiger partial charge in [0.25, 0.3) is 5.56 Å². The minimum Gasteiger partial charge on any atom is -0.391 e. The molecule has 0 radical (unpaired) electrons. The number of hydrogen-bond donors (Lipinski definition) is 2. The molecule has 1 unspecified atom stereocenters. The lowest BCUT2D eigenvalue weighted by Gasteiger charge is -2.15. The second-order valence-electron chi connectivity index (χ2n) is 3.54. The Morgan fingerprint density at radius 1 is 1.62 bits per heavy atom. The molecule has 1 saturated heterocycles. The van der Waals surface area contributed by atoms with E-state index in [9.17, 15) is 9.59 Å². The van der Waals surface area contributed by atoms with Gasteiger partial charge in [0.1, 0.15) is 5.69 Å². The minimum atomic E-state index is -0.457. The predicted molar refractivity (Wildman–Crippen MR) is 58.6 cm³/mol. The predicted octanol–water partition coefficient (Wildman–Crippen LogP) is -0.662. The molecule has 82 valence electrons. The van der Waals surface area contributed by atoms with Crippen LogP contribution >= 0.6 is 0 Å². The van der Waals surface area contributed by atoms with Crippen molar-refractivity contribution in [2.24, 2.45) is 5.92 Å². The van der Waals surface area contributed by atoms with Gasteiger partial charge in [0, 0.05) is 18.9 Å². The van der Waals surface area contributed by atoms with Crippen LogP contribution in [0.5, 0.6) is 0 Å². The van der Waals surface area contributed by atoms with E-state index < -0.39 is 5.56 Å². The normalized spacial score (nSPS) is 19.8. The molecule has 16 heavy (non-hydrogen) atoms. The summed E-state index contributed by atoms with van der Waals surface area (Å²) in [6.45, 7) is 0.357. The number of aromatic amines is 1. The Hall–Kier alpha value is -2.29. The Labute approximate surface area is 91.5 Å². The molecule has 0 aliphatic carbocycles. The summed E-state index contributed by atoms with van der Waals surface area (Å²) in [5.74, 6) is 2.39. The van der Waals surface area contributed by atoms with E-state index in [0.29, 0.717) is 6.54 Å². The van der Waals surface area contributed by atoms with Crippen LogP contribution in [0.4, 0.5) is 11.5 Å². The number of nitrogens with one attached hydrogen (secondary N) is 1. The highest BCUT2D eigenvalue weighted by Crippen LogP contribution is 2.24. The number of amides is 1. The Morgan fingerprint density at radius 3 is 3.00 bits per heavy atom. The van der Waals surface area contributed by atoms with Crippen LogP contribution in [0.25, 0.3) is 0 Å². The summed E-state index contributed by atoms with van der Waals surface area (Å²) in [7, 11) is 0. The maximum absolute atomic E-state index is 11.6. The quantitative estimate of drug-likeness (QED) is 0.612. The van der Waals surface area contributed by atoms with Gasteiger partial charge >= 0.3 is 0 Å². The van der Waals surface area contributed by atoms with Crippen molar-refractivity contribution >= 4 is 17.4 Å². The van der Waals surface area contributed by atoms with E-state index >= 15 is 0 Å². The summed E-state index contributed by atoms with van der Waals surface area (Å²) in [6.07, 6.45) is 6.74. The van der Waals surface area contributed by atoms with E-state index in [1.54, 1.807) is 0 Å². The van der Waals surface area contributed by atoms with Crippen LogP contribution in [0.3, 0.4) is 0 Å². The molecule has 2 heterocycles. The lowest BCUT2D eigenvalue weighted by molar-refractivity contribution is -0.117.